The lowest BCUT2D eigenvalue weighted by atomic mass is 9.70. The third-order valence-corrected chi connectivity index (χ3v) is 4.88. The Morgan fingerprint density at radius 3 is 2.39 bits per heavy atom. The summed E-state index contributed by atoms with van der Waals surface area (Å²) in [7, 11) is 0. The van der Waals surface area contributed by atoms with Gasteiger partial charge < -0.3 is 4.98 Å². The minimum Gasteiger partial charge on any atom is -0.309 e. The second-order valence-corrected chi connectivity index (χ2v) is 7.52. The molecule has 0 aromatic carbocycles. The molecule has 0 bridgehead atoms. The molecule has 0 saturated heterocycles. The molecule has 1 saturated carbocycles. The van der Waals surface area contributed by atoms with Gasteiger partial charge in [0.05, 0.1) is 3.57 Å². The molecule has 1 aliphatic rings. The third-order valence-electron chi connectivity index (χ3n) is 4.11. The van der Waals surface area contributed by atoms with Crippen LogP contribution >= 0.6 is 22.6 Å². The van der Waals surface area contributed by atoms with E-state index in [1.807, 2.05) is 22.6 Å². The number of hydrogen-bond donors (Lipinski definition) is 1. The van der Waals surface area contributed by atoms with Crippen molar-refractivity contribution >= 4 is 22.6 Å². The minimum absolute atomic E-state index is 0.00135. The maximum absolute atomic E-state index is 11.6. The molecule has 3 nitrogen and oxygen atoms in total. The highest BCUT2D eigenvalue weighted by Gasteiger charge is 2.30. The molecule has 1 heterocycles. The van der Waals surface area contributed by atoms with Gasteiger partial charge in [-0.1, -0.05) is 20.8 Å². The summed E-state index contributed by atoms with van der Waals surface area (Å²) in [6, 6.07) is 0. The van der Waals surface area contributed by atoms with E-state index in [9.17, 15) is 4.79 Å². The SMILES string of the molecule is CC(C)(C)C1CCC(c2ncc(I)c(=O)[nH]2)CC1. The normalized spacial score (nSPS) is 25.1. The Kier molecular flexibility index (Phi) is 4.14. The van der Waals surface area contributed by atoms with Crippen molar-refractivity contribution in [2.75, 3.05) is 0 Å². The molecule has 0 radical (unpaired) electrons. The van der Waals surface area contributed by atoms with Crippen LogP contribution in [0.15, 0.2) is 11.0 Å². The molecule has 100 valence electrons. The molecule has 0 spiro atoms. The van der Waals surface area contributed by atoms with Gasteiger partial charge in [0.15, 0.2) is 0 Å². The van der Waals surface area contributed by atoms with Crippen molar-refractivity contribution in [3.63, 3.8) is 0 Å². The topological polar surface area (TPSA) is 45.8 Å². The van der Waals surface area contributed by atoms with Crippen molar-refractivity contribution in [3.05, 3.63) is 25.9 Å². The van der Waals surface area contributed by atoms with E-state index in [1.54, 1.807) is 6.20 Å². The number of nitrogens with zero attached hydrogens (tertiary/aromatic N) is 1. The Bertz CT molecular complexity index is 467. The van der Waals surface area contributed by atoms with Gasteiger partial charge >= 0.3 is 0 Å². The van der Waals surface area contributed by atoms with Crippen molar-refractivity contribution in [3.8, 4) is 0 Å². The molecule has 1 N–H and O–H groups in total. The first kappa shape index (κ1) is 14.0. The molecule has 1 fully saturated rings. The number of aromatic amines is 1. The molecular weight excluding hydrogens is 339 g/mol. The number of nitrogens with one attached hydrogen (secondary N) is 1. The van der Waals surface area contributed by atoms with E-state index in [0.29, 0.717) is 14.9 Å². The van der Waals surface area contributed by atoms with Crippen LogP contribution in [0.3, 0.4) is 0 Å². The van der Waals surface area contributed by atoms with Gasteiger partial charge in [-0.2, -0.15) is 0 Å². The average Bonchev–Trinajstić information content (AvgIpc) is 2.32. The zero-order chi connectivity index (χ0) is 13.3. The predicted molar refractivity (Wildman–Crippen MR) is 81.7 cm³/mol. The minimum atomic E-state index is -0.00135. The first-order valence-electron chi connectivity index (χ1n) is 6.62. The zero-order valence-corrected chi connectivity index (χ0v) is 13.5. The van der Waals surface area contributed by atoms with Crippen molar-refractivity contribution in [2.45, 2.75) is 52.4 Å². The maximum Gasteiger partial charge on any atom is 0.264 e. The Labute approximate surface area is 122 Å². The monoisotopic (exact) mass is 360 g/mol. The van der Waals surface area contributed by atoms with Gasteiger partial charge in [-0.15, -0.1) is 0 Å². The number of aromatic nitrogens is 2. The summed E-state index contributed by atoms with van der Waals surface area (Å²) >= 11 is 2.02. The summed E-state index contributed by atoms with van der Waals surface area (Å²) in [5, 5.41) is 0. The van der Waals surface area contributed by atoms with Gasteiger partial charge in [-0.3, -0.25) is 4.79 Å². The van der Waals surface area contributed by atoms with E-state index in [0.717, 1.165) is 24.6 Å². The highest BCUT2D eigenvalue weighted by Crippen LogP contribution is 2.42. The molecule has 0 aliphatic heterocycles. The number of hydrogen-bond acceptors (Lipinski definition) is 2. The van der Waals surface area contributed by atoms with Gasteiger partial charge in [0.25, 0.3) is 5.56 Å². The zero-order valence-electron chi connectivity index (χ0n) is 11.3. The Morgan fingerprint density at radius 2 is 1.89 bits per heavy atom. The van der Waals surface area contributed by atoms with Gasteiger partial charge in [-0.05, 0) is 59.6 Å². The van der Waals surface area contributed by atoms with Crippen LogP contribution in [0.25, 0.3) is 0 Å². The Balaban J connectivity index is 2.06. The molecule has 2 rings (SSSR count). The smallest absolute Gasteiger partial charge is 0.264 e. The summed E-state index contributed by atoms with van der Waals surface area (Å²) in [6.07, 6.45) is 6.45. The van der Waals surface area contributed by atoms with Crippen molar-refractivity contribution in [1.82, 2.24) is 9.97 Å². The fourth-order valence-corrected chi connectivity index (χ4v) is 3.11. The molecule has 0 unspecified atom stereocenters. The third kappa shape index (κ3) is 3.13. The molecule has 1 aromatic rings. The summed E-state index contributed by atoms with van der Waals surface area (Å²) in [5.74, 6) is 2.12. The fourth-order valence-electron chi connectivity index (χ4n) is 2.83. The average molecular weight is 360 g/mol. The van der Waals surface area contributed by atoms with E-state index >= 15 is 0 Å². The van der Waals surface area contributed by atoms with Gasteiger partial charge in [0.2, 0.25) is 0 Å². The molecule has 0 amide bonds. The van der Waals surface area contributed by atoms with Crippen LogP contribution in [0.5, 0.6) is 0 Å². The van der Waals surface area contributed by atoms with E-state index in [2.05, 4.69) is 30.7 Å². The summed E-state index contributed by atoms with van der Waals surface area (Å²) in [4.78, 5) is 18.9. The van der Waals surface area contributed by atoms with Crippen molar-refractivity contribution in [1.29, 1.82) is 0 Å². The Morgan fingerprint density at radius 1 is 1.28 bits per heavy atom. The number of H-pyrrole nitrogens is 1. The van der Waals surface area contributed by atoms with Crippen LogP contribution in [0.4, 0.5) is 0 Å². The van der Waals surface area contributed by atoms with Crippen LogP contribution in [-0.2, 0) is 0 Å². The molecular formula is C14H21IN2O. The molecule has 1 aromatic heterocycles. The summed E-state index contributed by atoms with van der Waals surface area (Å²) < 4.78 is 0.666. The first-order chi connectivity index (χ1) is 8.38. The van der Waals surface area contributed by atoms with E-state index < -0.39 is 0 Å². The quantitative estimate of drug-likeness (QED) is 0.777. The van der Waals surface area contributed by atoms with Gasteiger partial charge in [-0.25, -0.2) is 4.98 Å². The van der Waals surface area contributed by atoms with E-state index in [4.69, 9.17) is 0 Å². The van der Waals surface area contributed by atoms with E-state index in [1.165, 1.54) is 12.8 Å². The number of rotatable bonds is 1. The van der Waals surface area contributed by atoms with Crippen LogP contribution in [-0.4, -0.2) is 9.97 Å². The predicted octanol–water partition coefficient (Wildman–Crippen LogP) is 3.69. The second-order valence-electron chi connectivity index (χ2n) is 6.36. The summed E-state index contributed by atoms with van der Waals surface area (Å²) in [6.45, 7) is 6.97. The second kappa shape index (κ2) is 5.31. The largest absolute Gasteiger partial charge is 0.309 e. The van der Waals surface area contributed by atoms with Gasteiger partial charge in [0.1, 0.15) is 5.82 Å². The van der Waals surface area contributed by atoms with Crippen LogP contribution < -0.4 is 5.56 Å². The Hall–Kier alpha value is -0.390. The van der Waals surface area contributed by atoms with Gasteiger partial charge in [0, 0.05) is 12.1 Å². The molecule has 18 heavy (non-hydrogen) atoms. The summed E-state index contributed by atoms with van der Waals surface area (Å²) in [5.41, 5.74) is 0.399. The van der Waals surface area contributed by atoms with Crippen LogP contribution in [0.2, 0.25) is 0 Å². The molecule has 0 atom stereocenters. The highest BCUT2D eigenvalue weighted by atomic mass is 127. The van der Waals surface area contributed by atoms with E-state index in [-0.39, 0.29) is 5.56 Å². The molecule has 4 heteroatoms. The first-order valence-corrected chi connectivity index (χ1v) is 7.70. The lowest BCUT2D eigenvalue weighted by Crippen LogP contribution is -2.26. The standard InChI is InChI=1S/C14H21IN2O/c1-14(2,3)10-6-4-9(5-7-10)12-16-8-11(15)13(18)17-12/h8-10H,4-7H2,1-3H3,(H,16,17,18). The molecule has 1 aliphatic carbocycles. The van der Waals surface area contributed by atoms with Crippen LogP contribution in [0.1, 0.15) is 58.2 Å². The number of halogens is 1. The van der Waals surface area contributed by atoms with Crippen molar-refractivity contribution < 1.29 is 0 Å². The maximum atomic E-state index is 11.6. The highest BCUT2D eigenvalue weighted by molar-refractivity contribution is 14.1. The lowest BCUT2D eigenvalue weighted by Gasteiger charge is -2.36. The lowest BCUT2D eigenvalue weighted by molar-refractivity contribution is 0.167. The van der Waals surface area contributed by atoms with Crippen LogP contribution in [0, 0.1) is 14.9 Å². The fraction of sp³-hybridized carbons (Fsp3) is 0.714. The van der Waals surface area contributed by atoms with Crippen molar-refractivity contribution in [2.24, 2.45) is 11.3 Å².